The highest BCUT2D eigenvalue weighted by Crippen LogP contribution is 2.60. The minimum atomic E-state index is -3.04. The van der Waals surface area contributed by atoms with Gasteiger partial charge in [-0.15, -0.1) is 0 Å². The van der Waals surface area contributed by atoms with Crippen LogP contribution in [0.5, 0.6) is 0 Å². The first kappa shape index (κ1) is 35.9. The van der Waals surface area contributed by atoms with Crippen molar-refractivity contribution in [1.82, 2.24) is 14.7 Å². The highest BCUT2D eigenvalue weighted by molar-refractivity contribution is 9.10. The molecule has 1 saturated heterocycles. The summed E-state index contributed by atoms with van der Waals surface area (Å²) in [5, 5.41) is 15.6. The largest absolute Gasteiger partial charge is 0.432 e. The van der Waals surface area contributed by atoms with Crippen molar-refractivity contribution >= 4 is 52.5 Å². The second-order valence-corrected chi connectivity index (χ2v) is 19.1. The van der Waals surface area contributed by atoms with Crippen molar-refractivity contribution in [3.8, 4) is 5.69 Å². The third kappa shape index (κ3) is 6.43. The van der Waals surface area contributed by atoms with Gasteiger partial charge in [0.1, 0.15) is 0 Å². The van der Waals surface area contributed by atoms with E-state index in [0.29, 0.717) is 28.9 Å². The Kier molecular flexibility index (Phi) is 9.78. The Bertz CT molecular complexity index is 2210. The van der Waals surface area contributed by atoms with E-state index < -0.39 is 31.5 Å². The molecule has 2 N–H and O–H groups in total. The van der Waals surface area contributed by atoms with Crippen LogP contribution < -0.4 is 10.5 Å². The van der Waals surface area contributed by atoms with E-state index in [1.165, 1.54) is 4.68 Å². The Morgan fingerprint density at radius 3 is 2.46 bits per heavy atom. The van der Waals surface area contributed by atoms with Gasteiger partial charge in [-0.3, -0.25) is 14.4 Å². The molecule has 2 aliphatic rings. The Morgan fingerprint density at radius 2 is 1.71 bits per heavy atom. The number of amides is 2. The third-order valence-electron chi connectivity index (χ3n) is 10.5. The molecule has 4 aromatic carbocycles. The molecule has 3 heterocycles. The zero-order chi connectivity index (χ0) is 36.8. The normalized spacial score (nSPS) is 21.2. The van der Waals surface area contributed by atoms with Gasteiger partial charge in [0, 0.05) is 40.0 Å². The van der Waals surface area contributed by atoms with Gasteiger partial charge in [-0.05, 0) is 60.6 Å². The van der Waals surface area contributed by atoms with Crippen LogP contribution >= 0.6 is 15.9 Å². The molecule has 1 aromatic heterocycles. The van der Waals surface area contributed by atoms with Gasteiger partial charge in [-0.1, -0.05) is 83.5 Å². The zero-order valence-electron chi connectivity index (χ0n) is 29.3. The molecule has 4 atom stereocenters. The smallest absolute Gasteiger partial charge is 0.279 e. The van der Waals surface area contributed by atoms with E-state index in [1.54, 1.807) is 22.1 Å². The fraction of sp³-hybridized carbons (Fsp3) is 0.300. The van der Waals surface area contributed by atoms with Gasteiger partial charge in [-0.25, -0.2) is 0 Å². The fourth-order valence-electron chi connectivity index (χ4n) is 8.17. The highest BCUT2D eigenvalue weighted by atomic mass is 79.9. The minimum absolute atomic E-state index is 0.0489. The quantitative estimate of drug-likeness (QED) is 0.169. The Morgan fingerprint density at radius 1 is 0.981 bits per heavy atom. The van der Waals surface area contributed by atoms with E-state index in [0.717, 1.165) is 21.0 Å². The lowest BCUT2D eigenvalue weighted by atomic mass is 9.82. The number of ether oxygens (including phenoxy) is 1. The van der Waals surface area contributed by atoms with Gasteiger partial charge >= 0.3 is 0 Å². The maximum absolute atomic E-state index is 15.0. The van der Waals surface area contributed by atoms with Gasteiger partial charge in [0.25, 0.3) is 11.5 Å². The van der Waals surface area contributed by atoms with Gasteiger partial charge in [-0.2, -0.15) is 9.78 Å². The maximum atomic E-state index is 15.0. The number of rotatable bonds is 10. The summed E-state index contributed by atoms with van der Waals surface area (Å²) in [7, 11) is -3.04. The van der Waals surface area contributed by atoms with Crippen molar-refractivity contribution in [1.29, 1.82) is 0 Å². The Hall–Kier alpha value is -4.46. The summed E-state index contributed by atoms with van der Waals surface area (Å²) < 4.78 is 9.06. The second kappa shape index (κ2) is 14.2. The molecular formula is C40H41BrN4O6Si. The first-order valence-corrected chi connectivity index (χ1v) is 21.2. The van der Waals surface area contributed by atoms with Gasteiger partial charge in [0.15, 0.2) is 13.9 Å². The molecule has 0 radical (unpaired) electrons. The van der Waals surface area contributed by atoms with Crippen molar-refractivity contribution in [3.05, 3.63) is 135 Å². The molecule has 7 rings (SSSR count). The molecule has 10 nitrogen and oxygen atoms in total. The van der Waals surface area contributed by atoms with Gasteiger partial charge < -0.3 is 24.4 Å². The summed E-state index contributed by atoms with van der Waals surface area (Å²) >= 11 is 3.61. The van der Waals surface area contributed by atoms with E-state index in [9.17, 15) is 24.3 Å². The van der Waals surface area contributed by atoms with Crippen LogP contribution in [0.2, 0.25) is 18.6 Å². The number of carbonyl (C=O) groups is 2. The molecule has 1 spiro atoms. The Balaban J connectivity index is 1.22. The average Bonchev–Trinajstić information content (AvgIpc) is 3.54. The fourth-order valence-corrected chi connectivity index (χ4v) is 11.1. The molecule has 268 valence electrons. The summed E-state index contributed by atoms with van der Waals surface area (Å²) in [5.41, 5.74) is 1.51. The van der Waals surface area contributed by atoms with Crippen molar-refractivity contribution in [2.45, 2.75) is 56.8 Å². The molecule has 2 aliphatic heterocycles. The molecule has 0 aliphatic carbocycles. The predicted octanol–water partition coefficient (Wildman–Crippen LogP) is 5.90. The lowest BCUT2D eigenvalue weighted by Gasteiger charge is -2.32. The number of fused-ring (bicyclic) bond motifs is 3. The standard InChI is InChI=1S/C40H41BrN4O6Si/c1-26-37(52(2,3)50)35(22-36(47)43(18-19-46)24-27-10-5-4-6-11-27)51-40(26)33-21-30(41)16-17-34(33)44(39(40)49)25-28-12-9-14-31(20-28)45-38(48)32-15-8-7-13-29(32)23-42-45/h4-17,20-21,23,26,35,37,46,50H,18-19,22,24-25H2,1-3H3/t26-,35+,37-,40+/m1/s1. The molecule has 2 amide bonds. The summed E-state index contributed by atoms with van der Waals surface area (Å²) in [5.74, 6) is -0.953. The number of hydrogen-bond donors (Lipinski definition) is 2. The number of hydrogen-bond acceptors (Lipinski definition) is 7. The molecule has 0 bridgehead atoms. The van der Waals surface area contributed by atoms with Crippen LogP contribution in [0.15, 0.2) is 113 Å². The number of carbonyl (C=O) groups excluding carboxylic acids is 2. The number of anilines is 1. The van der Waals surface area contributed by atoms with Gasteiger partial charge in [0.2, 0.25) is 5.91 Å². The zero-order valence-corrected chi connectivity index (χ0v) is 31.9. The van der Waals surface area contributed by atoms with Gasteiger partial charge in [0.05, 0.1) is 48.6 Å². The lowest BCUT2D eigenvalue weighted by Crippen LogP contribution is -2.46. The number of halogens is 1. The number of benzene rings is 4. The molecule has 0 saturated carbocycles. The molecule has 52 heavy (non-hydrogen) atoms. The van der Waals surface area contributed by atoms with E-state index >= 15 is 0 Å². The molecule has 0 unspecified atom stereocenters. The summed E-state index contributed by atoms with van der Waals surface area (Å²) in [6.07, 6.45) is 0.876. The predicted molar refractivity (Wildman–Crippen MR) is 205 cm³/mol. The maximum Gasteiger partial charge on any atom is 0.279 e. The van der Waals surface area contributed by atoms with Crippen LogP contribution in [0, 0.1) is 5.92 Å². The van der Waals surface area contributed by atoms with Crippen LogP contribution in [0.25, 0.3) is 16.5 Å². The first-order valence-electron chi connectivity index (χ1n) is 17.4. The number of nitrogens with zero attached hydrogens (tertiary/aromatic N) is 4. The lowest BCUT2D eigenvalue weighted by molar-refractivity contribution is -0.150. The molecular weight excluding hydrogens is 740 g/mol. The minimum Gasteiger partial charge on any atom is -0.432 e. The van der Waals surface area contributed by atoms with Crippen LogP contribution in [-0.4, -0.2) is 64.0 Å². The first-order chi connectivity index (χ1) is 24.9. The van der Waals surface area contributed by atoms with Crippen molar-refractivity contribution in [3.63, 3.8) is 0 Å². The van der Waals surface area contributed by atoms with Crippen LogP contribution in [0.4, 0.5) is 5.69 Å². The number of aromatic nitrogens is 2. The Labute approximate surface area is 311 Å². The van der Waals surface area contributed by atoms with Crippen LogP contribution in [-0.2, 0) is 33.0 Å². The highest BCUT2D eigenvalue weighted by Gasteiger charge is 2.66. The number of aliphatic hydroxyl groups excluding tert-OH is 1. The SMILES string of the molecule is C[C@@H]1[C@@H]([Si](C)(C)O)[C@H](CC(=O)N(CCO)Cc2ccccc2)O[C@@]12C(=O)N(Cc1cccc(-n3ncc4ccccc4c3=O)c1)c1ccc(Br)cc12. The van der Waals surface area contributed by atoms with Crippen molar-refractivity contribution in [2.24, 2.45) is 5.92 Å². The monoisotopic (exact) mass is 780 g/mol. The van der Waals surface area contributed by atoms with E-state index in [1.807, 2.05) is 111 Å². The van der Waals surface area contributed by atoms with E-state index in [2.05, 4.69) is 21.0 Å². The van der Waals surface area contributed by atoms with Crippen LogP contribution in [0.1, 0.15) is 30.0 Å². The van der Waals surface area contributed by atoms with Crippen LogP contribution in [0.3, 0.4) is 0 Å². The topological polar surface area (TPSA) is 125 Å². The molecule has 5 aromatic rings. The molecule has 1 fully saturated rings. The third-order valence-corrected chi connectivity index (χ3v) is 13.4. The number of aliphatic hydroxyl groups is 1. The van der Waals surface area contributed by atoms with E-state index in [-0.39, 0.29) is 43.5 Å². The average molecular weight is 782 g/mol. The van der Waals surface area contributed by atoms with Crippen molar-refractivity contribution in [2.75, 3.05) is 18.1 Å². The summed E-state index contributed by atoms with van der Waals surface area (Å²) in [6.45, 7) is 6.06. The van der Waals surface area contributed by atoms with E-state index in [4.69, 9.17) is 4.74 Å². The second-order valence-electron chi connectivity index (χ2n) is 14.3. The summed E-state index contributed by atoms with van der Waals surface area (Å²) in [6, 6.07) is 30.0. The van der Waals surface area contributed by atoms with Crippen molar-refractivity contribution < 1.29 is 24.2 Å². The summed E-state index contributed by atoms with van der Waals surface area (Å²) in [4.78, 5) is 57.3. The molecule has 12 heteroatoms.